The number of methoxy groups -OCH3 is 1. The molecule has 2 amide bonds. The predicted octanol–water partition coefficient (Wildman–Crippen LogP) is 2.86. The number of halogens is 1. The molecule has 2 aromatic rings. The van der Waals surface area contributed by atoms with Crippen molar-refractivity contribution >= 4 is 35.1 Å². The fourth-order valence-corrected chi connectivity index (χ4v) is 3.79. The van der Waals surface area contributed by atoms with Gasteiger partial charge >= 0.3 is 5.97 Å². The molecule has 164 valence electrons. The van der Waals surface area contributed by atoms with Crippen LogP contribution in [0.4, 0.5) is 5.69 Å². The first-order valence-corrected chi connectivity index (χ1v) is 10.4. The van der Waals surface area contributed by atoms with E-state index in [-0.39, 0.29) is 24.8 Å². The largest absolute Gasteiger partial charge is 0.468 e. The molecule has 1 saturated heterocycles. The zero-order valence-electron chi connectivity index (χ0n) is 17.3. The van der Waals surface area contributed by atoms with Crippen LogP contribution in [-0.2, 0) is 35.7 Å². The number of carbonyl (C=O) groups excluding carboxylic acids is 3. The molecule has 1 aliphatic rings. The van der Waals surface area contributed by atoms with E-state index in [1.165, 1.54) is 7.11 Å². The molecule has 0 aromatic heterocycles. The maximum absolute atomic E-state index is 13.3. The lowest BCUT2D eigenvalue weighted by Gasteiger charge is -2.36. The second kappa shape index (κ2) is 10.4. The van der Waals surface area contributed by atoms with Crippen LogP contribution < -0.4 is 10.6 Å². The van der Waals surface area contributed by atoms with Crippen molar-refractivity contribution in [3.05, 3.63) is 64.7 Å². The second-order valence-electron chi connectivity index (χ2n) is 7.39. The summed E-state index contributed by atoms with van der Waals surface area (Å²) in [4.78, 5) is 36.3. The second-order valence-corrected chi connectivity index (χ2v) is 7.82. The van der Waals surface area contributed by atoms with Gasteiger partial charge in [0.1, 0.15) is 6.54 Å². The maximum Gasteiger partial charge on any atom is 0.325 e. The van der Waals surface area contributed by atoms with E-state index < -0.39 is 11.4 Å². The Kier molecular flexibility index (Phi) is 7.65. The van der Waals surface area contributed by atoms with Crippen LogP contribution >= 0.6 is 11.6 Å². The van der Waals surface area contributed by atoms with E-state index in [0.717, 1.165) is 11.1 Å². The molecular weight excluding hydrogens is 420 g/mol. The highest BCUT2D eigenvalue weighted by Crippen LogP contribution is 2.37. The van der Waals surface area contributed by atoms with Crippen LogP contribution in [0.3, 0.4) is 0 Å². The Morgan fingerprint density at radius 3 is 2.45 bits per heavy atom. The molecule has 1 aliphatic heterocycles. The van der Waals surface area contributed by atoms with E-state index in [9.17, 15) is 14.4 Å². The predicted molar refractivity (Wildman–Crippen MR) is 117 cm³/mol. The normalized spacial score (nSPS) is 15.0. The number of amides is 2. The standard InChI is InChI=1S/C23H25ClN2O5/c1-30-21(28)15-25-20(27)13-16-5-7-19(8-6-16)26-22(29)23(9-11-31-12-10-23)17-3-2-4-18(24)14-17/h2-8,14H,9-13,15H2,1H3,(H,25,27)(H,26,29). The van der Waals surface area contributed by atoms with E-state index in [1.54, 1.807) is 30.3 Å². The topological polar surface area (TPSA) is 93.7 Å². The van der Waals surface area contributed by atoms with Gasteiger partial charge in [-0.1, -0.05) is 35.9 Å². The lowest BCUT2D eigenvalue weighted by Crippen LogP contribution is -2.44. The Bertz CT molecular complexity index is 939. The average molecular weight is 445 g/mol. The molecule has 8 heteroatoms. The number of esters is 1. The fourth-order valence-electron chi connectivity index (χ4n) is 3.60. The number of nitrogens with one attached hydrogen (secondary N) is 2. The monoisotopic (exact) mass is 444 g/mol. The van der Waals surface area contributed by atoms with Crippen molar-refractivity contribution in [3.63, 3.8) is 0 Å². The van der Waals surface area contributed by atoms with E-state index >= 15 is 0 Å². The molecule has 7 nitrogen and oxygen atoms in total. The summed E-state index contributed by atoms with van der Waals surface area (Å²) < 4.78 is 9.98. The summed E-state index contributed by atoms with van der Waals surface area (Å²) in [7, 11) is 1.26. The van der Waals surface area contributed by atoms with E-state index in [4.69, 9.17) is 16.3 Å². The lowest BCUT2D eigenvalue weighted by molar-refractivity contribution is -0.141. The Morgan fingerprint density at radius 1 is 1.10 bits per heavy atom. The Morgan fingerprint density at radius 2 is 1.81 bits per heavy atom. The van der Waals surface area contributed by atoms with Crippen molar-refractivity contribution in [1.82, 2.24) is 5.32 Å². The average Bonchev–Trinajstić information content (AvgIpc) is 2.79. The summed E-state index contributed by atoms with van der Waals surface area (Å²) in [5.41, 5.74) is 1.56. The van der Waals surface area contributed by atoms with Crippen LogP contribution in [0.15, 0.2) is 48.5 Å². The van der Waals surface area contributed by atoms with Gasteiger partial charge in [-0.25, -0.2) is 0 Å². The number of rotatable bonds is 7. The van der Waals surface area contributed by atoms with Gasteiger partial charge in [0.25, 0.3) is 0 Å². The van der Waals surface area contributed by atoms with Crippen LogP contribution in [0.1, 0.15) is 24.0 Å². The van der Waals surface area contributed by atoms with Gasteiger partial charge in [-0.15, -0.1) is 0 Å². The van der Waals surface area contributed by atoms with Gasteiger partial charge in [-0.2, -0.15) is 0 Å². The third-order valence-electron chi connectivity index (χ3n) is 5.39. The first-order chi connectivity index (χ1) is 14.9. The van der Waals surface area contributed by atoms with Crippen molar-refractivity contribution in [2.75, 3.05) is 32.2 Å². The summed E-state index contributed by atoms with van der Waals surface area (Å²) in [6, 6.07) is 14.4. The number of carbonyl (C=O) groups is 3. The summed E-state index contributed by atoms with van der Waals surface area (Å²) >= 11 is 6.18. The SMILES string of the molecule is COC(=O)CNC(=O)Cc1ccc(NC(=O)C2(c3cccc(Cl)c3)CCOCC2)cc1. The maximum atomic E-state index is 13.3. The molecule has 31 heavy (non-hydrogen) atoms. The highest BCUT2D eigenvalue weighted by molar-refractivity contribution is 6.30. The molecule has 1 heterocycles. The van der Waals surface area contributed by atoms with Crippen molar-refractivity contribution in [2.45, 2.75) is 24.7 Å². The molecular formula is C23H25ClN2O5. The Balaban J connectivity index is 1.67. The number of anilines is 1. The third-order valence-corrected chi connectivity index (χ3v) is 5.63. The fraction of sp³-hybridized carbons (Fsp3) is 0.348. The van der Waals surface area contributed by atoms with Crippen LogP contribution in [0.5, 0.6) is 0 Å². The van der Waals surface area contributed by atoms with Crippen molar-refractivity contribution in [1.29, 1.82) is 0 Å². The first kappa shape index (κ1) is 22.8. The molecule has 3 rings (SSSR count). The van der Waals surface area contributed by atoms with Crippen LogP contribution in [0.25, 0.3) is 0 Å². The van der Waals surface area contributed by atoms with Crippen molar-refractivity contribution in [2.24, 2.45) is 0 Å². The highest BCUT2D eigenvalue weighted by atomic mass is 35.5. The summed E-state index contributed by atoms with van der Waals surface area (Å²) in [6.45, 7) is 0.831. The summed E-state index contributed by atoms with van der Waals surface area (Å²) in [5.74, 6) is -0.904. The molecule has 0 saturated carbocycles. The minimum Gasteiger partial charge on any atom is -0.468 e. The highest BCUT2D eigenvalue weighted by Gasteiger charge is 2.41. The van der Waals surface area contributed by atoms with E-state index in [0.29, 0.717) is 36.8 Å². The van der Waals surface area contributed by atoms with E-state index in [2.05, 4.69) is 15.4 Å². The smallest absolute Gasteiger partial charge is 0.325 e. The van der Waals surface area contributed by atoms with Gasteiger partial charge in [0, 0.05) is 23.9 Å². The number of hydrogen-bond acceptors (Lipinski definition) is 5. The molecule has 0 radical (unpaired) electrons. The molecule has 0 atom stereocenters. The number of hydrogen-bond donors (Lipinski definition) is 2. The van der Waals surface area contributed by atoms with Crippen molar-refractivity contribution in [3.8, 4) is 0 Å². The van der Waals surface area contributed by atoms with Crippen molar-refractivity contribution < 1.29 is 23.9 Å². The Labute approximate surface area is 186 Å². The molecule has 1 fully saturated rings. The summed E-state index contributed by atoms with van der Waals surface area (Å²) in [6.07, 6.45) is 1.25. The van der Waals surface area contributed by atoms with Crippen LogP contribution in [-0.4, -0.2) is 44.7 Å². The zero-order valence-corrected chi connectivity index (χ0v) is 18.0. The van der Waals surface area contributed by atoms with E-state index in [1.807, 2.05) is 18.2 Å². The molecule has 0 aliphatic carbocycles. The van der Waals surface area contributed by atoms with Gasteiger partial charge in [-0.3, -0.25) is 14.4 Å². The van der Waals surface area contributed by atoms with Gasteiger partial charge in [0.2, 0.25) is 11.8 Å². The van der Waals surface area contributed by atoms with Gasteiger partial charge in [0.05, 0.1) is 18.9 Å². The lowest BCUT2D eigenvalue weighted by atomic mass is 9.73. The van der Waals surface area contributed by atoms with Crippen LogP contribution in [0.2, 0.25) is 5.02 Å². The molecule has 2 aromatic carbocycles. The van der Waals surface area contributed by atoms with Gasteiger partial charge < -0.3 is 20.1 Å². The molecule has 2 N–H and O–H groups in total. The molecule has 0 bridgehead atoms. The first-order valence-electron chi connectivity index (χ1n) is 10.0. The minimum atomic E-state index is -0.713. The van der Waals surface area contributed by atoms with Gasteiger partial charge in [-0.05, 0) is 48.2 Å². The molecule has 0 spiro atoms. The minimum absolute atomic E-state index is 0.110. The number of benzene rings is 2. The van der Waals surface area contributed by atoms with Gasteiger partial charge in [0.15, 0.2) is 0 Å². The zero-order chi connectivity index (χ0) is 22.3. The summed E-state index contributed by atoms with van der Waals surface area (Å²) in [5, 5.41) is 6.08. The third kappa shape index (κ3) is 5.83. The quantitative estimate of drug-likeness (QED) is 0.640. The van der Waals surface area contributed by atoms with Crippen LogP contribution in [0, 0.1) is 0 Å². The number of ether oxygens (including phenoxy) is 2. The molecule has 0 unspecified atom stereocenters. The Hall–Kier alpha value is -2.90.